The van der Waals surface area contributed by atoms with Crippen LogP contribution in [-0.2, 0) is 11.3 Å². The van der Waals surface area contributed by atoms with Crippen LogP contribution in [0.2, 0.25) is 0 Å². The van der Waals surface area contributed by atoms with Gasteiger partial charge in [-0.2, -0.15) is 0 Å². The molecule has 1 rings (SSSR count). The molecule has 1 heterocycles. The lowest BCUT2D eigenvalue weighted by atomic mass is 10.2. The van der Waals surface area contributed by atoms with Crippen LogP contribution < -0.4 is 5.32 Å². The van der Waals surface area contributed by atoms with Gasteiger partial charge in [-0.3, -0.25) is 10.1 Å². The van der Waals surface area contributed by atoms with Crippen molar-refractivity contribution >= 4 is 5.88 Å². The Morgan fingerprint density at radius 2 is 2.41 bits per heavy atom. The molecule has 0 bridgehead atoms. The van der Waals surface area contributed by atoms with Crippen LogP contribution in [0.25, 0.3) is 0 Å². The first-order valence-corrected chi connectivity index (χ1v) is 5.24. The number of nitrogens with zero attached hydrogens (tertiary/aromatic N) is 1. The fraction of sp³-hybridized carbons (Fsp3) is 0.600. The van der Waals surface area contributed by atoms with Crippen molar-refractivity contribution in [2.45, 2.75) is 19.1 Å². The van der Waals surface area contributed by atoms with E-state index in [0.29, 0.717) is 31.9 Å². The Kier molecular flexibility index (Phi) is 5.61. The predicted molar refractivity (Wildman–Crippen MR) is 59.6 cm³/mol. The highest BCUT2D eigenvalue weighted by Gasteiger charge is 2.11. The Morgan fingerprint density at radius 1 is 1.65 bits per heavy atom. The number of furan rings is 1. The number of nitrogens with one attached hydrogen (secondary N) is 1. The predicted octanol–water partition coefficient (Wildman–Crippen LogP) is 0.675. The first-order valence-electron chi connectivity index (χ1n) is 5.24. The van der Waals surface area contributed by atoms with Gasteiger partial charge in [0.25, 0.3) is 0 Å². The molecule has 17 heavy (non-hydrogen) atoms. The number of aliphatic hydroxyl groups excluding tert-OH is 1. The standard InChI is InChI=1S/C10H16N2O5/c1-16-7-8(13)4-5-11-6-9-2-3-10(17-9)12(14)15/h2-3,8,11,13H,4-7H2,1H3. The van der Waals surface area contributed by atoms with Gasteiger partial charge in [0.05, 0.1) is 25.3 Å². The van der Waals surface area contributed by atoms with E-state index in [2.05, 4.69) is 5.32 Å². The van der Waals surface area contributed by atoms with Crippen molar-refractivity contribution in [3.63, 3.8) is 0 Å². The van der Waals surface area contributed by atoms with Gasteiger partial charge in [-0.15, -0.1) is 0 Å². The molecule has 0 aliphatic heterocycles. The van der Waals surface area contributed by atoms with Crippen LogP contribution in [0.4, 0.5) is 5.88 Å². The molecule has 1 aromatic rings. The number of methoxy groups -OCH3 is 1. The van der Waals surface area contributed by atoms with E-state index in [1.807, 2.05) is 0 Å². The summed E-state index contributed by atoms with van der Waals surface area (Å²) < 4.78 is 9.73. The van der Waals surface area contributed by atoms with Gasteiger partial charge < -0.3 is 19.6 Å². The van der Waals surface area contributed by atoms with Crippen molar-refractivity contribution in [1.82, 2.24) is 5.32 Å². The summed E-state index contributed by atoms with van der Waals surface area (Å²) in [7, 11) is 1.53. The molecule has 0 radical (unpaired) electrons. The number of aliphatic hydroxyl groups is 1. The summed E-state index contributed by atoms with van der Waals surface area (Å²) in [5, 5.41) is 22.7. The molecule has 0 aliphatic carbocycles. The maximum Gasteiger partial charge on any atom is 0.433 e. The third kappa shape index (κ3) is 4.94. The second-order valence-electron chi connectivity index (χ2n) is 3.57. The van der Waals surface area contributed by atoms with Crippen LogP contribution in [0.1, 0.15) is 12.2 Å². The molecule has 0 amide bonds. The fourth-order valence-corrected chi connectivity index (χ4v) is 1.32. The zero-order chi connectivity index (χ0) is 12.7. The molecule has 0 spiro atoms. The van der Waals surface area contributed by atoms with Crippen LogP contribution in [0.5, 0.6) is 0 Å². The van der Waals surface area contributed by atoms with Crippen LogP contribution in [0, 0.1) is 10.1 Å². The number of hydrogen-bond donors (Lipinski definition) is 2. The minimum atomic E-state index is -0.578. The molecule has 96 valence electrons. The maximum atomic E-state index is 10.3. The van der Waals surface area contributed by atoms with Gasteiger partial charge >= 0.3 is 5.88 Å². The summed E-state index contributed by atoms with van der Waals surface area (Å²) in [5.74, 6) is 0.235. The van der Waals surface area contributed by atoms with Crippen molar-refractivity contribution < 1.29 is 19.2 Å². The zero-order valence-electron chi connectivity index (χ0n) is 9.59. The Labute approximate surface area is 98.5 Å². The Bertz CT molecular complexity index is 352. The van der Waals surface area contributed by atoms with Gasteiger partial charge in [0.2, 0.25) is 0 Å². The SMILES string of the molecule is COCC(O)CCNCc1ccc([N+](=O)[O-])o1. The number of hydrogen-bond acceptors (Lipinski definition) is 6. The highest BCUT2D eigenvalue weighted by Crippen LogP contribution is 2.15. The average Bonchev–Trinajstić information content (AvgIpc) is 2.73. The molecule has 0 fully saturated rings. The van der Waals surface area contributed by atoms with Crippen LogP contribution in [0.3, 0.4) is 0 Å². The molecular formula is C10H16N2O5. The molecule has 0 saturated heterocycles. The molecule has 7 nitrogen and oxygen atoms in total. The van der Waals surface area contributed by atoms with E-state index in [4.69, 9.17) is 9.15 Å². The van der Waals surface area contributed by atoms with Gasteiger partial charge in [0.15, 0.2) is 0 Å². The van der Waals surface area contributed by atoms with Gasteiger partial charge in [0.1, 0.15) is 10.7 Å². The molecule has 1 unspecified atom stereocenters. The molecule has 1 aromatic heterocycles. The van der Waals surface area contributed by atoms with Crippen molar-refractivity contribution in [3.05, 3.63) is 28.0 Å². The lowest BCUT2D eigenvalue weighted by Crippen LogP contribution is -2.22. The van der Waals surface area contributed by atoms with E-state index in [-0.39, 0.29) is 5.88 Å². The number of rotatable bonds is 8. The lowest BCUT2D eigenvalue weighted by molar-refractivity contribution is -0.402. The van der Waals surface area contributed by atoms with Crippen molar-refractivity contribution in [1.29, 1.82) is 0 Å². The summed E-state index contributed by atoms with van der Waals surface area (Å²) in [6, 6.07) is 2.87. The Morgan fingerprint density at radius 3 is 3.00 bits per heavy atom. The van der Waals surface area contributed by atoms with Gasteiger partial charge in [-0.25, -0.2) is 0 Å². The topological polar surface area (TPSA) is 97.8 Å². The molecule has 7 heteroatoms. The maximum absolute atomic E-state index is 10.3. The highest BCUT2D eigenvalue weighted by molar-refractivity contribution is 5.17. The monoisotopic (exact) mass is 244 g/mol. The summed E-state index contributed by atoms with van der Waals surface area (Å²) in [6.45, 7) is 1.28. The average molecular weight is 244 g/mol. The van der Waals surface area contributed by atoms with E-state index >= 15 is 0 Å². The molecule has 0 saturated carbocycles. The smallest absolute Gasteiger partial charge is 0.404 e. The van der Waals surface area contributed by atoms with E-state index in [9.17, 15) is 15.2 Å². The summed E-state index contributed by atoms with van der Waals surface area (Å²) in [6.07, 6.45) is 0.0508. The van der Waals surface area contributed by atoms with Crippen LogP contribution >= 0.6 is 0 Å². The molecular weight excluding hydrogens is 228 g/mol. The largest absolute Gasteiger partial charge is 0.433 e. The van der Waals surface area contributed by atoms with E-state index < -0.39 is 11.0 Å². The molecule has 1 atom stereocenters. The van der Waals surface area contributed by atoms with E-state index in [1.165, 1.54) is 13.2 Å². The van der Waals surface area contributed by atoms with E-state index in [1.54, 1.807) is 6.07 Å². The summed E-state index contributed by atoms with van der Waals surface area (Å²) in [5.41, 5.74) is 0. The second-order valence-corrected chi connectivity index (χ2v) is 3.57. The van der Waals surface area contributed by atoms with Crippen molar-refractivity contribution in [2.75, 3.05) is 20.3 Å². The zero-order valence-corrected chi connectivity index (χ0v) is 9.59. The number of ether oxygens (including phenoxy) is 1. The Hall–Kier alpha value is -1.44. The number of nitro groups is 1. The van der Waals surface area contributed by atoms with Gasteiger partial charge in [-0.05, 0) is 19.0 Å². The minimum Gasteiger partial charge on any atom is -0.404 e. The molecule has 2 N–H and O–H groups in total. The lowest BCUT2D eigenvalue weighted by Gasteiger charge is -2.08. The summed E-state index contributed by atoms with van der Waals surface area (Å²) in [4.78, 5) is 9.77. The normalized spacial score (nSPS) is 12.6. The van der Waals surface area contributed by atoms with Crippen molar-refractivity contribution in [2.24, 2.45) is 0 Å². The summed E-state index contributed by atoms with van der Waals surface area (Å²) >= 11 is 0. The quantitative estimate of drug-likeness (QED) is 0.396. The third-order valence-corrected chi connectivity index (χ3v) is 2.14. The van der Waals surface area contributed by atoms with Crippen LogP contribution in [-0.4, -0.2) is 36.4 Å². The minimum absolute atomic E-state index is 0.263. The fourth-order valence-electron chi connectivity index (χ4n) is 1.32. The van der Waals surface area contributed by atoms with E-state index in [0.717, 1.165) is 0 Å². The highest BCUT2D eigenvalue weighted by atomic mass is 16.6. The van der Waals surface area contributed by atoms with Crippen LogP contribution in [0.15, 0.2) is 16.5 Å². The molecule has 0 aromatic carbocycles. The van der Waals surface area contributed by atoms with Gasteiger partial charge in [-0.1, -0.05) is 0 Å². The second kappa shape index (κ2) is 7.00. The first-order chi connectivity index (χ1) is 8.13. The molecule has 0 aliphatic rings. The van der Waals surface area contributed by atoms with Crippen molar-refractivity contribution in [3.8, 4) is 0 Å². The van der Waals surface area contributed by atoms with Gasteiger partial charge in [0, 0.05) is 7.11 Å². The Balaban J connectivity index is 2.19. The first kappa shape index (κ1) is 13.6. The third-order valence-electron chi connectivity index (χ3n) is 2.14.